The van der Waals surface area contributed by atoms with Gasteiger partial charge in [-0.2, -0.15) is 0 Å². The van der Waals surface area contributed by atoms with E-state index in [2.05, 4.69) is 0 Å². The molecule has 0 unspecified atom stereocenters. The highest BCUT2D eigenvalue weighted by atomic mass is 32.2. The van der Waals surface area contributed by atoms with Crippen molar-refractivity contribution < 1.29 is 8.42 Å². The molecular formula is C13H16N2O2S2. The van der Waals surface area contributed by atoms with Crippen molar-refractivity contribution in [3.05, 3.63) is 41.3 Å². The fourth-order valence-corrected chi connectivity index (χ4v) is 4.66. The molecule has 0 amide bonds. The van der Waals surface area contributed by atoms with Crippen LogP contribution in [0.2, 0.25) is 0 Å². The molecule has 1 heterocycles. The molecule has 4 nitrogen and oxygen atoms in total. The van der Waals surface area contributed by atoms with Gasteiger partial charge < -0.3 is 5.73 Å². The number of hydrogen-bond acceptors (Lipinski definition) is 4. The molecule has 2 N–H and O–H groups in total. The highest BCUT2D eigenvalue weighted by Gasteiger charge is 2.24. The summed E-state index contributed by atoms with van der Waals surface area (Å²) in [5.41, 5.74) is 6.87. The molecule has 0 fully saturated rings. The first-order valence-electron chi connectivity index (χ1n) is 5.90. The molecule has 6 heteroatoms. The summed E-state index contributed by atoms with van der Waals surface area (Å²) in [5.74, 6) is 0. The van der Waals surface area contributed by atoms with Crippen molar-refractivity contribution in [3.63, 3.8) is 0 Å². The van der Waals surface area contributed by atoms with Gasteiger partial charge in [-0.15, -0.1) is 11.3 Å². The van der Waals surface area contributed by atoms with E-state index in [1.54, 1.807) is 30.3 Å². The fourth-order valence-electron chi connectivity index (χ4n) is 1.79. The van der Waals surface area contributed by atoms with Gasteiger partial charge >= 0.3 is 0 Å². The van der Waals surface area contributed by atoms with Gasteiger partial charge in [-0.25, -0.2) is 8.42 Å². The van der Waals surface area contributed by atoms with Crippen LogP contribution in [0, 0.1) is 6.92 Å². The second-order valence-electron chi connectivity index (χ2n) is 4.13. The Morgan fingerprint density at radius 1 is 1.16 bits per heavy atom. The molecule has 0 aliphatic heterocycles. The maximum atomic E-state index is 12.6. The summed E-state index contributed by atoms with van der Waals surface area (Å²) in [6, 6.07) is 10.3. The van der Waals surface area contributed by atoms with Crippen molar-refractivity contribution in [1.29, 1.82) is 0 Å². The molecule has 1 aromatic carbocycles. The zero-order chi connectivity index (χ0) is 14.0. The summed E-state index contributed by atoms with van der Waals surface area (Å²) in [7, 11) is -3.49. The maximum Gasteiger partial charge on any atom is 0.273 e. The first kappa shape index (κ1) is 13.9. The fraction of sp³-hybridized carbons (Fsp3) is 0.231. The first-order chi connectivity index (χ1) is 8.95. The highest BCUT2D eigenvalue weighted by Crippen LogP contribution is 2.28. The molecule has 19 heavy (non-hydrogen) atoms. The van der Waals surface area contributed by atoms with E-state index >= 15 is 0 Å². The van der Waals surface area contributed by atoms with E-state index in [0.717, 1.165) is 4.88 Å². The third kappa shape index (κ3) is 2.74. The summed E-state index contributed by atoms with van der Waals surface area (Å²) in [6.07, 6.45) is 0. The lowest BCUT2D eigenvalue weighted by atomic mass is 10.3. The topological polar surface area (TPSA) is 63.4 Å². The number of hydrogen-bond donors (Lipinski definition) is 1. The number of rotatable bonds is 4. The largest absolute Gasteiger partial charge is 0.399 e. The van der Waals surface area contributed by atoms with E-state index in [1.807, 2.05) is 19.9 Å². The molecule has 2 rings (SSSR count). The number of aryl methyl sites for hydroxylation is 1. The van der Waals surface area contributed by atoms with E-state index in [4.69, 9.17) is 5.73 Å². The van der Waals surface area contributed by atoms with Gasteiger partial charge in [-0.3, -0.25) is 4.31 Å². The van der Waals surface area contributed by atoms with Crippen molar-refractivity contribution in [3.8, 4) is 0 Å². The van der Waals surface area contributed by atoms with Gasteiger partial charge in [0.05, 0.1) is 5.69 Å². The molecule has 1 aromatic heterocycles. The van der Waals surface area contributed by atoms with E-state index in [-0.39, 0.29) is 0 Å². The second kappa shape index (κ2) is 5.22. The van der Waals surface area contributed by atoms with Crippen molar-refractivity contribution in [1.82, 2.24) is 0 Å². The van der Waals surface area contributed by atoms with E-state index in [9.17, 15) is 8.42 Å². The Morgan fingerprint density at radius 3 is 2.26 bits per heavy atom. The number of nitrogens with two attached hydrogens (primary N) is 1. The summed E-state index contributed by atoms with van der Waals surface area (Å²) in [4.78, 5) is 0.979. The predicted octanol–water partition coefficient (Wildman–Crippen LogP) is 2.85. The minimum absolute atomic E-state index is 0.365. The van der Waals surface area contributed by atoms with Gasteiger partial charge in [-0.1, -0.05) is 0 Å². The van der Waals surface area contributed by atoms with Crippen LogP contribution in [0.15, 0.2) is 40.6 Å². The summed E-state index contributed by atoms with van der Waals surface area (Å²) in [5, 5.41) is 0. The van der Waals surface area contributed by atoms with Crippen molar-refractivity contribution in [2.45, 2.75) is 18.1 Å². The lowest BCUT2D eigenvalue weighted by molar-refractivity contribution is 0.594. The van der Waals surface area contributed by atoms with Gasteiger partial charge in [0.25, 0.3) is 10.0 Å². The molecule has 0 aliphatic carbocycles. The molecule has 0 bridgehead atoms. The molecule has 0 aliphatic rings. The van der Waals surface area contributed by atoms with E-state index < -0.39 is 10.0 Å². The van der Waals surface area contributed by atoms with Crippen LogP contribution in [0.1, 0.15) is 11.8 Å². The van der Waals surface area contributed by atoms with Crippen LogP contribution >= 0.6 is 11.3 Å². The van der Waals surface area contributed by atoms with Gasteiger partial charge in [-0.05, 0) is 50.2 Å². The third-order valence-corrected chi connectivity index (χ3v) is 6.10. The average molecular weight is 296 g/mol. The normalized spacial score (nSPS) is 11.5. The molecule has 0 radical (unpaired) electrons. The molecule has 102 valence electrons. The number of anilines is 2. The number of nitrogen functional groups attached to an aromatic ring is 1. The third-order valence-electron chi connectivity index (χ3n) is 2.73. The van der Waals surface area contributed by atoms with Crippen LogP contribution in [0.5, 0.6) is 0 Å². The van der Waals surface area contributed by atoms with E-state index in [1.165, 1.54) is 15.6 Å². The Balaban J connectivity index is 2.44. The number of thiophene rings is 1. The van der Waals surface area contributed by atoms with Crippen LogP contribution < -0.4 is 10.0 Å². The standard InChI is InChI=1S/C13H16N2O2S2/c1-3-15(12-7-5-11(14)6-8-12)19(16,17)13-9-4-10(2)18-13/h4-9H,3,14H2,1-2H3. The quantitative estimate of drug-likeness (QED) is 0.882. The summed E-state index contributed by atoms with van der Waals surface area (Å²) in [6.45, 7) is 4.08. The minimum Gasteiger partial charge on any atom is -0.399 e. The van der Waals surface area contributed by atoms with Crippen LogP contribution in [0.3, 0.4) is 0 Å². The number of sulfonamides is 1. The van der Waals surface area contributed by atoms with Crippen LogP contribution in [0.25, 0.3) is 0 Å². The van der Waals surface area contributed by atoms with Gasteiger partial charge in [0.1, 0.15) is 4.21 Å². The molecule has 0 atom stereocenters. The highest BCUT2D eigenvalue weighted by molar-refractivity contribution is 7.94. The monoisotopic (exact) mass is 296 g/mol. The Hall–Kier alpha value is -1.53. The Morgan fingerprint density at radius 2 is 1.79 bits per heavy atom. The van der Waals surface area contributed by atoms with Gasteiger partial charge in [0.15, 0.2) is 0 Å². The summed E-state index contributed by atoms with van der Waals surface area (Å²) >= 11 is 1.28. The first-order valence-corrected chi connectivity index (χ1v) is 8.15. The Kier molecular flexibility index (Phi) is 3.82. The number of benzene rings is 1. The average Bonchev–Trinajstić information content (AvgIpc) is 2.80. The SMILES string of the molecule is CCN(c1ccc(N)cc1)S(=O)(=O)c1ccc(C)s1. The number of nitrogens with zero attached hydrogens (tertiary/aromatic N) is 1. The predicted molar refractivity (Wildman–Crippen MR) is 80.1 cm³/mol. The smallest absolute Gasteiger partial charge is 0.273 e. The molecular weight excluding hydrogens is 280 g/mol. The lowest BCUT2D eigenvalue weighted by Gasteiger charge is -2.22. The maximum absolute atomic E-state index is 12.6. The van der Waals surface area contributed by atoms with Crippen LogP contribution in [-0.4, -0.2) is 15.0 Å². The second-order valence-corrected chi connectivity index (χ2v) is 7.50. The Bertz CT molecular complexity index is 660. The molecule has 2 aromatic rings. The molecule has 0 spiro atoms. The van der Waals surface area contributed by atoms with Crippen molar-refractivity contribution in [2.24, 2.45) is 0 Å². The van der Waals surface area contributed by atoms with Crippen LogP contribution in [0.4, 0.5) is 11.4 Å². The van der Waals surface area contributed by atoms with Gasteiger partial charge in [0.2, 0.25) is 0 Å². The van der Waals surface area contributed by atoms with Crippen LogP contribution in [-0.2, 0) is 10.0 Å². The summed E-state index contributed by atoms with van der Waals surface area (Å²) < 4.78 is 26.9. The van der Waals surface area contributed by atoms with Gasteiger partial charge in [0, 0.05) is 17.1 Å². The molecule has 0 saturated heterocycles. The molecule has 0 saturated carbocycles. The minimum atomic E-state index is -3.49. The van der Waals surface area contributed by atoms with E-state index in [0.29, 0.717) is 22.1 Å². The zero-order valence-electron chi connectivity index (χ0n) is 10.8. The van der Waals surface area contributed by atoms with Crippen molar-refractivity contribution in [2.75, 3.05) is 16.6 Å². The van der Waals surface area contributed by atoms with Crippen molar-refractivity contribution >= 4 is 32.7 Å². The lowest BCUT2D eigenvalue weighted by Crippen LogP contribution is -2.30. The Labute approximate surface area is 117 Å². The zero-order valence-corrected chi connectivity index (χ0v) is 12.5.